The summed E-state index contributed by atoms with van der Waals surface area (Å²) in [5.41, 5.74) is 0.977. The number of halogens is 1. The van der Waals surface area contributed by atoms with Crippen LogP contribution in [-0.4, -0.2) is 27.7 Å². The molecular formula is C13H13FN2O3. The van der Waals surface area contributed by atoms with Gasteiger partial charge in [0.05, 0.1) is 12.8 Å². The summed E-state index contributed by atoms with van der Waals surface area (Å²) in [6.45, 7) is 1.51. The lowest BCUT2D eigenvalue weighted by atomic mass is 10.1. The average Bonchev–Trinajstić information content (AvgIpc) is 2.70. The predicted octanol–water partition coefficient (Wildman–Crippen LogP) is 2.09. The predicted molar refractivity (Wildman–Crippen MR) is 66.5 cm³/mol. The van der Waals surface area contributed by atoms with E-state index in [4.69, 9.17) is 9.84 Å². The van der Waals surface area contributed by atoms with Crippen LogP contribution in [0, 0.1) is 12.7 Å². The Balaban J connectivity index is 2.47. The maximum atomic E-state index is 13.3. The summed E-state index contributed by atoms with van der Waals surface area (Å²) in [5, 5.41) is 8.78. The fourth-order valence-electron chi connectivity index (χ4n) is 1.82. The zero-order chi connectivity index (χ0) is 14.0. The highest BCUT2D eigenvalue weighted by atomic mass is 19.1. The second-order valence-corrected chi connectivity index (χ2v) is 4.04. The van der Waals surface area contributed by atoms with Crippen LogP contribution in [-0.2, 0) is 11.3 Å². The van der Waals surface area contributed by atoms with E-state index in [-0.39, 0.29) is 6.54 Å². The van der Waals surface area contributed by atoms with Gasteiger partial charge in [-0.1, -0.05) is 0 Å². The monoisotopic (exact) mass is 264 g/mol. The summed E-state index contributed by atoms with van der Waals surface area (Å²) in [6, 6.07) is 4.12. The van der Waals surface area contributed by atoms with Gasteiger partial charge in [0, 0.05) is 11.8 Å². The van der Waals surface area contributed by atoms with Crippen LogP contribution in [0.4, 0.5) is 4.39 Å². The Morgan fingerprint density at radius 2 is 2.26 bits per heavy atom. The van der Waals surface area contributed by atoms with E-state index < -0.39 is 11.8 Å². The van der Waals surface area contributed by atoms with Crippen LogP contribution >= 0.6 is 0 Å². The number of carbonyl (C=O) groups is 1. The molecule has 0 aliphatic rings. The minimum Gasteiger partial charge on any atom is -0.496 e. The number of nitrogens with zero attached hydrogens (tertiary/aromatic N) is 2. The quantitative estimate of drug-likeness (QED) is 0.918. The second kappa shape index (κ2) is 5.09. The standard InChI is InChI=1S/C13H13FN2O3/c1-8-15-11(6-16(8)7-13(17)18)10-5-9(14)3-4-12(10)19-2/h3-6H,7H2,1-2H3,(H,17,18). The molecule has 0 unspecified atom stereocenters. The Hall–Kier alpha value is -2.37. The Labute approximate surface area is 109 Å². The first kappa shape index (κ1) is 13.1. The summed E-state index contributed by atoms with van der Waals surface area (Å²) in [5.74, 6) is -0.329. The topological polar surface area (TPSA) is 64.3 Å². The number of aliphatic carboxylic acids is 1. The summed E-state index contributed by atoms with van der Waals surface area (Å²) in [4.78, 5) is 14.9. The first-order valence-corrected chi connectivity index (χ1v) is 5.60. The van der Waals surface area contributed by atoms with E-state index in [9.17, 15) is 9.18 Å². The zero-order valence-electron chi connectivity index (χ0n) is 10.6. The van der Waals surface area contributed by atoms with E-state index in [1.165, 1.54) is 29.9 Å². The van der Waals surface area contributed by atoms with Crippen LogP contribution in [0.3, 0.4) is 0 Å². The summed E-state index contributed by atoms with van der Waals surface area (Å²) < 4.78 is 19.9. The summed E-state index contributed by atoms with van der Waals surface area (Å²) in [7, 11) is 1.48. The molecule has 6 heteroatoms. The van der Waals surface area contributed by atoms with Crippen LogP contribution in [0.1, 0.15) is 5.82 Å². The Bertz CT molecular complexity index is 622. The lowest BCUT2D eigenvalue weighted by Crippen LogP contribution is -2.08. The van der Waals surface area contributed by atoms with Gasteiger partial charge in [-0.3, -0.25) is 4.79 Å². The molecule has 0 saturated carbocycles. The number of imidazole rings is 1. The van der Waals surface area contributed by atoms with Crippen LogP contribution in [0.15, 0.2) is 24.4 Å². The third-order valence-electron chi connectivity index (χ3n) is 2.72. The van der Waals surface area contributed by atoms with Crippen LogP contribution in [0.25, 0.3) is 11.3 Å². The van der Waals surface area contributed by atoms with Gasteiger partial charge in [0.1, 0.15) is 23.9 Å². The molecule has 0 bridgehead atoms. The molecule has 2 rings (SSSR count). The minimum atomic E-state index is -0.960. The van der Waals surface area contributed by atoms with Gasteiger partial charge in [-0.2, -0.15) is 0 Å². The summed E-state index contributed by atoms with van der Waals surface area (Å²) in [6.07, 6.45) is 1.57. The number of aryl methyl sites for hydroxylation is 1. The maximum Gasteiger partial charge on any atom is 0.323 e. The van der Waals surface area contributed by atoms with Crippen molar-refractivity contribution in [2.45, 2.75) is 13.5 Å². The van der Waals surface area contributed by atoms with E-state index in [0.717, 1.165) is 0 Å². The van der Waals surface area contributed by atoms with Gasteiger partial charge in [-0.25, -0.2) is 9.37 Å². The van der Waals surface area contributed by atoms with Crippen molar-refractivity contribution in [2.75, 3.05) is 7.11 Å². The largest absolute Gasteiger partial charge is 0.496 e. The van der Waals surface area contributed by atoms with Gasteiger partial charge in [-0.05, 0) is 25.1 Å². The number of ether oxygens (including phenoxy) is 1. The Morgan fingerprint density at radius 1 is 1.53 bits per heavy atom. The van der Waals surface area contributed by atoms with Crippen molar-refractivity contribution >= 4 is 5.97 Å². The lowest BCUT2D eigenvalue weighted by Gasteiger charge is -2.05. The molecule has 19 heavy (non-hydrogen) atoms. The molecule has 1 heterocycles. The van der Waals surface area contributed by atoms with Crippen molar-refractivity contribution in [2.24, 2.45) is 0 Å². The van der Waals surface area contributed by atoms with E-state index in [2.05, 4.69) is 4.98 Å². The fourth-order valence-corrected chi connectivity index (χ4v) is 1.82. The first-order valence-electron chi connectivity index (χ1n) is 5.60. The molecule has 0 saturated heterocycles. The van der Waals surface area contributed by atoms with E-state index in [1.54, 1.807) is 13.1 Å². The molecule has 1 aromatic carbocycles. The number of hydrogen-bond donors (Lipinski definition) is 1. The van der Waals surface area contributed by atoms with Crippen molar-refractivity contribution in [3.8, 4) is 17.0 Å². The third-order valence-corrected chi connectivity index (χ3v) is 2.72. The lowest BCUT2D eigenvalue weighted by molar-refractivity contribution is -0.137. The SMILES string of the molecule is COc1ccc(F)cc1-c1cn(CC(=O)O)c(C)n1. The van der Waals surface area contributed by atoms with Gasteiger partial charge < -0.3 is 14.4 Å². The molecule has 0 amide bonds. The van der Waals surface area contributed by atoms with Gasteiger partial charge in [0.15, 0.2) is 0 Å². The van der Waals surface area contributed by atoms with E-state index in [1.807, 2.05) is 0 Å². The van der Waals surface area contributed by atoms with Crippen LogP contribution in [0.5, 0.6) is 5.75 Å². The fraction of sp³-hybridized carbons (Fsp3) is 0.231. The molecule has 1 N–H and O–H groups in total. The number of benzene rings is 1. The second-order valence-electron chi connectivity index (χ2n) is 4.04. The number of methoxy groups -OCH3 is 1. The Kier molecular flexibility index (Phi) is 3.50. The molecule has 0 atom stereocenters. The van der Waals surface area contributed by atoms with Gasteiger partial charge in [-0.15, -0.1) is 0 Å². The van der Waals surface area contributed by atoms with Crippen molar-refractivity contribution in [1.29, 1.82) is 0 Å². The number of hydrogen-bond acceptors (Lipinski definition) is 3. The maximum absolute atomic E-state index is 13.3. The van der Waals surface area contributed by atoms with E-state index >= 15 is 0 Å². The molecular weight excluding hydrogens is 251 g/mol. The number of aromatic nitrogens is 2. The molecule has 0 radical (unpaired) electrons. The molecule has 0 fully saturated rings. The molecule has 0 spiro atoms. The molecule has 1 aromatic heterocycles. The average molecular weight is 264 g/mol. The minimum absolute atomic E-state index is 0.184. The normalized spacial score (nSPS) is 10.5. The third kappa shape index (κ3) is 2.73. The molecule has 100 valence electrons. The van der Waals surface area contributed by atoms with Crippen molar-refractivity contribution in [1.82, 2.24) is 9.55 Å². The molecule has 0 aliphatic carbocycles. The zero-order valence-corrected chi connectivity index (χ0v) is 10.6. The Morgan fingerprint density at radius 3 is 2.89 bits per heavy atom. The highest BCUT2D eigenvalue weighted by Gasteiger charge is 2.13. The highest BCUT2D eigenvalue weighted by Crippen LogP contribution is 2.29. The number of carboxylic acid groups (broad SMARTS) is 1. The summed E-state index contributed by atoms with van der Waals surface area (Å²) >= 11 is 0. The molecule has 5 nitrogen and oxygen atoms in total. The van der Waals surface area contributed by atoms with Crippen molar-refractivity contribution in [3.05, 3.63) is 36.0 Å². The smallest absolute Gasteiger partial charge is 0.323 e. The van der Waals surface area contributed by atoms with E-state index in [0.29, 0.717) is 22.8 Å². The van der Waals surface area contributed by atoms with Crippen molar-refractivity contribution in [3.63, 3.8) is 0 Å². The molecule has 2 aromatic rings. The first-order chi connectivity index (χ1) is 9.01. The van der Waals surface area contributed by atoms with Gasteiger partial charge in [0.25, 0.3) is 0 Å². The number of rotatable bonds is 4. The van der Waals surface area contributed by atoms with Crippen LogP contribution in [0.2, 0.25) is 0 Å². The highest BCUT2D eigenvalue weighted by molar-refractivity contribution is 5.69. The van der Waals surface area contributed by atoms with Crippen LogP contribution < -0.4 is 4.74 Å². The molecule has 0 aliphatic heterocycles. The van der Waals surface area contributed by atoms with Gasteiger partial charge >= 0.3 is 5.97 Å². The van der Waals surface area contributed by atoms with Gasteiger partial charge in [0.2, 0.25) is 0 Å². The van der Waals surface area contributed by atoms with Crippen molar-refractivity contribution < 1.29 is 19.0 Å². The number of carboxylic acids is 1.